The van der Waals surface area contributed by atoms with Crippen LogP contribution >= 0.6 is 0 Å². The fourth-order valence-corrected chi connectivity index (χ4v) is 13.1. The van der Waals surface area contributed by atoms with Gasteiger partial charge in [-0.25, -0.2) is 9.59 Å². The Kier molecular flexibility index (Phi) is 23.8. The molecule has 1 aliphatic carbocycles. The van der Waals surface area contributed by atoms with Crippen LogP contribution in [0.4, 0.5) is 9.59 Å². The Morgan fingerprint density at radius 3 is 1.91 bits per heavy atom. The van der Waals surface area contributed by atoms with Gasteiger partial charge < -0.3 is 82.7 Å². The molecule has 3 aromatic rings. The Morgan fingerprint density at radius 2 is 1.29 bits per heavy atom. The Balaban J connectivity index is 1.11. The van der Waals surface area contributed by atoms with Crippen LogP contribution in [0.5, 0.6) is 0 Å². The van der Waals surface area contributed by atoms with Gasteiger partial charge in [-0.1, -0.05) is 166 Å². The van der Waals surface area contributed by atoms with E-state index in [1.54, 1.807) is 6.08 Å². The van der Waals surface area contributed by atoms with Gasteiger partial charge in [0.05, 0.1) is 43.6 Å². The number of rotatable bonds is 24. The minimum Gasteiger partial charge on any atom is -0.445 e. The summed E-state index contributed by atoms with van der Waals surface area (Å²) < 4.78 is 80.4. The highest BCUT2D eigenvalue weighted by Crippen LogP contribution is 2.46. The van der Waals surface area contributed by atoms with Crippen LogP contribution < -0.4 is 16.0 Å². The van der Waals surface area contributed by atoms with Gasteiger partial charge >= 0.3 is 12.2 Å². The average molecular weight is 1220 g/mol. The lowest BCUT2D eigenvalue weighted by Crippen LogP contribution is -2.69. The summed E-state index contributed by atoms with van der Waals surface area (Å²) >= 11 is 0. The van der Waals surface area contributed by atoms with Crippen molar-refractivity contribution in [2.75, 3.05) is 19.8 Å². The normalized spacial score (nSPS) is 34.2. The molecule has 0 aromatic heterocycles. The molecule has 3 aromatic carbocycles. The second-order valence-corrected chi connectivity index (χ2v) is 30.0. The molecule has 476 valence electrons. The van der Waals surface area contributed by atoms with Gasteiger partial charge in [0, 0.05) is 23.9 Å². The first-order chi connectivity index (χ1) is 41.1. The first-order valence-electron chi connectivity index (χ1n) is 30.8. The monoisotopic (exact) mass is 1220 g/mol. The topological polar surface area (TPSA) is 239 Å². The molecule has 5 N–H and O–H groups in total. The van der Waals surface area contributed by atoms with E-state index in [4.69, 9.17) is 56.5 Å². The summed E-state index contributed by atoms with van der Waals surface area (Å²) in [5, 5.41) is 32.5. The molecule has 20 nitrogen and oxygen atoms in total. The molecule has 5 fully saturated rings. The van der Waals surface area contributed by atoms with E-state index in [1.165, 1.54) is 0 Å². The first kappa shape index (κ1) is 67.1. The number of ether oxygens (including phenoxy) is 11. The van der Waals surface area contributed by atoms with E-state index in [2.05, 4.69) is 77.2 Å². The lowest BCUT2D eigenvalue weighted by Gasteiger charge is -2.53. The van der Waals surface area contributed by atoms with Crippen LogP contribution in [0.1, 0.15) is 111 Å². The zero-order valence-electron chi connectivity index (χ0n) is 52.0. The predicted molar refractivity (Wildman–Crippen MR) is 321 cm³/mol. The molecular weight excluding hydrogens is 1120 g/mol. The average Bonchev–Trinajstić information content (AvgIpc) is 1.53. The summed E-state index contributed by atoms with van der Waals surface area (Å²) in [5.41, 5.74) is 2.46. The van der Waals surface area contributed by atoms with Crippen molar-refractivity contribution in [2.45, 2.75) is 224 Å². The fraction of sp³-hybridized carbons (Fsp3) is 0.646. The number of benzene rings is 3. The van der Waals surface area contributed by atoms with Crippen LogP contribution in [0, 0.1) is 23.7 Å². The third kappa shape index (κ3) is 16.7. The third-order valence-electron chi connectivity index (χ3n) is 18.2. The molecule has 8 rings (SSSR count). The Bertz CT molecular complexity index is 2600. The molecule has 4 saturated heterocycles. The molecule has 3 amide bonds. The fourth-order valence-electron chi connectivity index (χ4n) is 11.7. The minimum absolute atomic E-state index is 0.0170. The van der Waals surface area contributed by atoms with Crippen molar-refractivity contribution in [3.05, 3.63) is 120 Å². The second kappa shape index (κ2) is 30.6. The molecule has 21 heteroatoms. The molecule has 1 unspecified atom stereocenters. The van der Waals surface area contributed by atoms with Crippen molar-refractivity contribution in [2.24, 2.45) is 23.7 Å². The van der Waals surface area contributed by atoms with E-state index in [0.29, 0.717) is 12.8 Å². The quantitative estimate of drug-likeness (QED) is 0.0415. The maximum Gasteiger partial charge on any atom is 0.407 e. The predicted octanol–water partition coefficient (Wildman–Crippen LogP) is 8.98. The van der Waals surface area contributed by atoms with E-state index < -0.39 is 137 Å². The number of aliphatic hydroxyl groups is 2. The first-order valence-corrected chi connectivity index (χ1v) is 33.7. The standard InChI is InChI=1S/C65H95N3O17Si/c1-13-25-47(69)58(71)67-45-33-46(68-64(73)77-36-43-28-21-17-22-29-43)53(81-60-41(7)52(85-86(11,12)65(8,9)10)55-50(80-60)37-75-61(83-55)44-30-23-18-24-31-44)56(51(45)70)84-62-57(74-32-14-2)54(48(15-3)78-62)82-59-40(6)38(4)39(5)49(79-59)34-66-63(72)76-35-42-26-19-16-20-27-42/h14,16-24,26-31,38-41,45-57,59-62,69-70H,2,13,15,25,32-37H2,1,3-12H3,(H,66,72)(H,67,71)(H,68,73)/t38-,39-,40+,41+,45+,46-,47-,48+,49-,50+,51-,52+,53+,54+,55+,56+,57+,59+,60+,61?,62-/m0/s1. The SMILES string of the molecule is C=CCO[C@H]1[C@H](O[C@@H]2[C@@H](O)[C@H](NC(=O)[C@@H](O)CCC)C[C@H](NC(=O)OCc3ccccc3)[C@H]2O[C@H]2O[C@@H]3COC(c4ccccc4)O[C@H]3[C@H](O[Si](C)(C)C(C)(C)C)[C@H]2C)O[C@H](CC)[C@H]1O[C@H]1O[C@@H](CNC(=O)OCc2ccccc2)[C@@H](C)[C@H](C)[C@H]1C. The summed E-state index contributed by atoms with van der Waals surface area (Å²) in [7, 11) is -2.56. The number of aliphatic hydroxyl groups excluding tert-OH is 2. The van der Waals surface area contributed by atoms with Crippen molar-refractivity contribution in [3.63, 3.8) is 0 Å². The number of carbonyl (C=O) groups excluding carboxylic acids is 3. The number of alkyl carbamates (subject to hydrolysis) is 2. The maximum absolute atomic E-state index is 14.2. The van der Waals surface area contributed by atoms with Crippen LogP contribution in [0.2, 0.25) is 18.1 Å². The van der Waals surface area contributed by atoms with Gasteiger partial charge in [0.15, 0.2) is 33.5 Å². The largest absolute Gasteiger partial charge is 0.445 e. The van der Waals surface area contributed by atoms with E-state index in [9.17, 15) is 24.6 Å². The summed E-state index contributed by atoms with van der Waals surface area (Å²) in [5.74, 6) is -1.29. The number of hydrogen-bond acceptors (Lipinski definition) is 17. The van der Waals surface area contributed by atoms with Gasteiger partial charge in [0.2, 0.25) is 5.91 Å². The molecule has 1 saturated carbocycles. The number of carbonyl (C=O) groups is 3. The summed E-state index contributed by atoms with van der Waals surface area (Å²) in [6.07, 6.45) is -13.0. The van der Waals surface area contributed by atoms with Crippen molar-refractivity contribution < 1.29 is 81.1 Å². The number of amides is 3. The lowest BCUT2D eigenvalue weighted by atomic mass is 9.79. The van der Waals surface area contributed by atoms with Gasteiger partial charge in [-0.3, -0.25) is 4.79 Å². The van der Waals surface area contributed by atoms with Crippen LogP contribution in [0.3, 0.4) is 0 Å². The van der Waals surface area contributed by atoms with Gasteiger partial charge in [-0.2, -0.15) is 0 Å². The van der Waals surface area contributed by atoms with Crippen LogP contribution in [-0.4, -0.2) is 154 Å². The Morgan fingerprint density at radius 1 is 0.698 bits per heavy atom. The van der Waals surface area contributed by atoms with Crippen LogP contribution in [-0.2, 0) is 74.5 Å². The summed E-state index contributed by atoms with van der Waals surface area (Å²) in [4.78, 5) is 41.0. The molecular formula is C65H95N3O17Si. The van der Waals surface area contributed by atoms with Gasteiger partial charge in [-0.05, 0) is 60.4 Å². The number of fused-ring (bicyclic) bond motifs is 1. The van der Waals surface area contributed by atoms with E-state index in [-0.39, 0.29) is 68.6 Å². The molecule has 4 aliphatic heterocycles. The molecule has 86 heavy (non-hydrogen) atoms. The van der Waals surface area contributed by atoms with Crippen LogP contribution in [0.15, 0.2) is 104 Å². The summed E-state index contributed by atoms with van der Waals surface area (Å²) in [6.45, 7) is 27.3. The zero-order chi connectivity index (χ0) is 61.9. The van der Waals surface area contributed by atoms with Crippen LogP contribution in [0.25, 0.3) is 0 Å². The molecule has 0 spiro atoms. The molecule has 21 atom stereocenters. The van der Waals surface area contributed by atoms with Gasteiger partial charge in [-0.15, -0.1) is 6.58 Å². The van der Waals surface area contributed by atoms with Gasteiger partial charge in [0.1, 0.15) is 62.0 Å². The highest BCUT2D eigenvalue weighted by atomic mass is 28.4. The Labute approximate surface area is 509 Å². The van der Waals surface area contributed by atoms with Crippen molar-refractivity contribution in [1.29, 1.82) is 0 Å². The maximum atomic E-state index is 14.2. The highest BCUT2D eigenvalue weighted by molar-refractivity contribution is 6.74. The Hall–Kier alpha value is -4.85. The highest BCUT2D eigenvalue weighted by Gasteiger charge is 2.58. The second-order valence-electron chi connectivity index (χ2n) is 25.3. The van der Waals surface area contributed by atoms with Crippen molar-refractivity contribution in [1.82, 2.24) is 16.0 Å². The summed E-state index contributed by atoms with van der Waals surface area (Å²) in [6, 6.07) is 26.2. The molecule has 5 aliphatic rings. The van der Waals surface area contributed by atoms with E-state index >= 15 is 0 Å². The smallest absolute Gasteiger partial charge is 0.407 e. The lowest BCUT2D eigenvalue weighted by molar-refractivity contribution is -0.364. The molecule has 4 heterocycles. The van der Waals surface area contributed by atoms with E-state index in [0.717, 1.165) is 16.7 Å². The number of nitrogens with one attached hydrogen (secondary N) is 3. The molecule has 0 radical (unpaired) electrons. The zero-order valence-corrected chi connectivity index (χ0v) is 53.0. The minimum atomic E-state index is -2.56. The number of hydrogen-bond donors (Lipinski definition) is 5. The van der Waals surface area contributed by atoms with Gasteiger partial charge in [0.25, 0.3) is 0 Å². The van der Waals surface area contributed by atoms with Crippen molar-refractivity contribution >= 4 is 26.4 Å². The molecule has 0 bridgehead atoms. The third-order valence-corrected chi connectivity index (χ3v) is 22.7. The van der Waals surface area contributed by atoms with Crippen molar-refractivity contribution in [3.8, 4) is 0 Å². The van der Waals surface area contributed by atoms with E-state index in [1.807, 2.05) is 112 Å².